The predicted molar refractivity (Wildman–Crippen MR) is 77.0 cm³/mol. The largest absolute Gasteiger partial charge is 0.320 e. The van der Waals surface area contributed by atoms with Crippen LogP contribution < -0.4 is 5.32 Å². The first-order valence-corrected chi connectivity index (χ1v) is 6.69. The van der Waals surface area contributed by atoms with Crippen molar-refractivity contribution in [1.29, 1.82) is 0 Å². The van der Waals surface area contributed by atoms with Gasteiger partial charge in [-0.25, -0.2) is 0 Å². The van der Waals surface area contributed by atoms with Crippen LogP contribution in [0, 0.1) is 0 Å². The van der Waals surface area contributed by atoms with E-state index >= 15 is 0 Å². The molecule has 0 unspecified atom stereocenters. The molecule has 1 aromatic rings. The zero-order chi connectivity index (χ0) is 13.6. The molecule has 0 saturated carbocycles. The molecule has 0 aromatic heterocycles. The monoisotopic (exact) mass is 247 g/mol. The van der Waals surface area contributed by atoms with Crippen molar-refractivity contribution in [3.05, 3.63) is 35.4 Å². The Labute approximate surface area is 111 Å². The summed E-state index contributed by atoms with van der Waals surface area (Å²) in [5.41, 5.74) is 2.61. The van der Waals surface area contributed by atoms with Gasteiger partial charge in [0.1, 0.15) is 5.78 Å². The zero-order valence-electron chi connectivity index (χ0n) is 12.0. The van der Waals surface area contributed by atoms with Gasteiger partial charge in [0.15, 0.2) is 0 Å². The molecule has 1 N–H and O–H groups in total. The quantitative estimate of drug-likeness (QED) is 0.783. The maximum absolute atomic E-state index is 11.7. The summed E-state index contributed by atoms with van der Waals surface area (Å²) in [5, 5.41) is 3.06. The van der Waals surface area contributed by atoms with Crippen molar-refractivity contribution in [1.82, 2.24) is 5.32 Å². The van der Waals surface area contributed by atoms with Gasteiger partial charge in [-0.1, -0.05) is 45.0 Å². The van der Waals surface area contributed by atoms with Gasteiger partial charge in [-0.15, -0.1) is 0 Å². The average molecular weight is 247 g/mol. The molecule has 0 spiro atoms. The van der Waals surface area contributed by atoms with Crippen molar-refractivity contribution in [2.45, 2.75) is 45.4 Å². The molecule has 2 heteroatoms. The van der Waals surface area contributed by atoms with E-state index in [1.807, 2.05) is 7.05 Å². The fourth-order valence-corrected chi connectivity index (χ4v) is 1.90. The normalized spacial score (nSPS) is 11.6. The predicted octanol–water partition coefficient (Wildman–Crippen LogP) is 3.10. The molecule has 0 amide bonds. The van der Waals surface area contributed by atoms with Crippen LogP contribution in [0.3, 0.4) is 0 Å². The van der Waals surface area contributed by atoms with Crippen molar-refractivity contribution >= 4 is 5.78 Å². The van der Waals surface area contributed by atoms with Crippen LogP contribution in [0.15, 0.2) is 24.3 Å². The maximum Gasteiger partial charge on any atom is 0.137 e. The number of Topliss-reactive ketones (excluding diaryl/α,β-unsaturated/α-hetero) is 1. The van der Waals surface area contributed by atoms with Crippen LogP contribution >= 0.6 is 0 Å². The molecule has 0 radical (unpaired) electrons. The molecule has 0 bridgehead atoms. The van der Waals surface area contributed by atoms with E-state index < -0.39 is 0 Å². The second-order valence-electron chi connectivity index (χ2n) is 5.87. The summed E-state index contributed by atoms with van der Waals surface area (Å²) in [4.78, 5) is 11.7. The first-order valence-electron chi connectivity index (χ1n) is 6.69. The lowest BCUT2D eigenvalue weighted by atomic mass is 9.86. The van der Waals surface area contributed by atoms with E-state index in [9.17, 15) is 4.79 Å². The molecule has 2 nitrogen and oxygen atoms in total. The van der Waals surface area contributed by atoms with Gasteiger partial charge in [0, 0.05) is 12.8 Å². The van der Waals surface area contributed by atoms with E-state index in [-0.39, 0.29) is 5.41 Å². The van der Waals surface area contributed by atoms with Crippen LogP contribution in [0.1, 0.15) is 44.7 Å². The minimum atomic E-state index is 0.176. The summed E-state index contributed by atoms with van der Waals surface area (Å²) in [5.74, 6) is 0.328. The van der Waals surface area contributed by atoms with Gasteiger partial charge < -0.3 is 5.32 Å². The molecule has 1 aromatic carbocycles. The SMILES string of the molecule is CNCCCC(=O)Cc1ccc(C(C)(C)C)cc1. The summed E-state index contributed by atoms with van der Waals surface area (Å²) in [6.07, 6.45) is 2.16. The number of hydrogen-bond donors (Lipinski definition) is 1. The molecule has 0 saturated heterocycles. The summed E-state index contributed by atoms with van der Waals surface area (Å²) in [7, 11) is 1.91. The van der Waals surface area contributed by atoms with E-state index in [1.54, 1.807) is 0 Å². The molecule has 0 aliphatic rings. The Kier molecular flexibility index (Phi) is 5.54. The molecule has 0 aliphatic carbocycles. The third kappa shape index (κ3) is 5.01. The third-order valence-corrected chi connectivity index (χ3v) is 3.10. The number of benzene rings is 1. The molecular weight excluding hydrogens is 222 g/mol. The Bertz CT molecular complexity index is 373. The lowest BCUT2D eigenvalue weighted by molar-refractivity contribution is -0.118. The number of rotatable bonds is 6. The summed E-state index contributed by atoms with van der Waals surface area (Å²) in [6.45, 7) is 7.51. The molecule has 0 atom stereocenters. The molecule has 0 fully saturated rings. The first kappa shape index (κ1) is 14.9. The molecule has 18 heavy (non-hydrogen) atoms. The second kappa shape index (κ2) is 6.69. The lowest BCUT2D eigenvalue weighted by Crippen LogP contribution is -2.12. The Morgan fingerprint density at radius 2 is 1.78 bits per heavy atom. The third-order valence-electron chi connectivity index (χ3n) is 3.10. The number of hydrogen-bond acceptors (Lipinski definition) is 2. The molecule has 0 aliphatic heterocycles. The van der Waals surface area contributed by atoms with E-state index in [0.717, 1.165) is 18.5 Å². The van der Waals surface area contributed by atoms with Gasteiger partial charge in [-0.2, -0.15) is 0 Å². The highest BCUT2D eigenvalue weighted by Gasteiger charge is 2.13. The lowest BCUT2D eigenvalue weighted by Gasteiger charge is -2.19. The van der Waals surface area contributed by atoms with Crippen molar-refractivity contribution in [3.8, 4) is 0 Å². The topological polar surface area (TPSA) is 29.1 Å². The van der Waals surface area contributed by atoms with Gasteiger partial charge in [0.05, 0.1) is 0 Å². The van der Waals surface area contributed by atoms with E-state index in [2.05, 4.69) is 50.4 Å². The maximum atomic E-state index is 11.7. The van der Waals surface area contributed by atoms with Gasteiger partial charge in [0.25, 0.3) is 0 Å². The highest BCUT2D eigenvalue weighted by Crippen LogP contribution is 2.22. The van der Waals surface area contributed by atoms with Crippen LogP contribution in [0.25, 0.3) is 0 Å². The van der Waals surface area contributed by atoms with Gasteiger partial charge in [-0.3, -0.25) is 4.79 Å². The number of ketones is 1. The fourth-order valence-electron chi connectivity index (χ4n) is 1.90. The average Bonchev–Trinajstić information content (AvgIpc) is 2.29. The van der Waals surface area contributed by atoms with Crippen molar-refractivity contribution in [2.75, 3.05) is 13.6 Å². The Balaban J connectivity index is 2.51. The van der Waals surface area contributed by atoms with Crippen LogP contribution in [-0.4, -0.2) is 19.4 Å². The minimum absolute atomic E-state index is 0.176. The van der Waals surface area contributed by atoms with Crippen molar-refractivity contribution in [3.63, 3.8) is 0 Å². The van der Waals surface area contributed by atoms with Crippen LogP contribution in [0.5, 0.6) is 0 Å². The van der Waals surface area contributed by atoms with Crippen molar-refractivity contribution in [2.24, 2.45) is 0 Å². The van der Waals surface area contributed by atoms with Crippen molar-refractivity contribution < 1.29 is 4.79 Å². The number of carbonyl (C=O) groups is 1. The Hall–Kier alpha value is -1.15. The van der Waals surface area contributed by atoms with Crippen LogP contribution in [0.4, 0.5) is 0 Å². The van der Waals surface area contributed by atoms with Crippen LogP contribution in [-0.2, 0) is 16.6 Å². The standard InChI is InChI=1S/C16H25NO/c1-16(2,3)14-9-7-13(8-10-14)12-15(18)6-5-11-17-4/h7-10,17H,5-6,11-12H2,1-4H3. The van der Waals surface area contributed by atoms with Gasteiger partial charge >= 0.3 is 0 Å². The molecule has 0 heterocycles. The zero-order valence-corrected chi connectivity index (χ0v) is 12.0. The number of carbonyl (C=O) groups excluding carboxylic acids is 1. The molecule has 1 rings (SSSR count). The molecule has 100 valence electrons. The highest BCUT2D eigenvalue weighted by molar-refractivity contribution is 5.80. The fraction of sp³-hybridized carbons (Fsp3) is 0.562. The minimum Gasteiger partial charge on any atom is -0.320 e. The van der Waals surface area contributed by atoms with E-state index in [4.69, 9.17) is 0 Å². The first-order chi connectivity index (χ1) is 8.43. The second-order valence-corrected chi connectivity index (χ2v) is 5.87. The molecular formula is C16H25NO. The van der Waals surface area contributed by atoms with E-state index in [1.165, 1.54) is 5.56 Å². The Morgan fingerprint density at radius 1 is 1.17 bits per heavy atom. The van der Waals surface area contributed by atoms with Gasteiger partial charge in [0.2, 0.25) is 0 Å². The van der Waals surface area contributed by atoms with E-state index in [0.29, 0.717) is 18.6 Å². The summed E-state index contributed by atoms with van der Waals surface area (Å²) in [6, 6.07) is 8.43. The number of nitrogens with one attached hydrogen (secondary N) is 1. The van der Waals surface area contributed by atoms with Gasteiger partial charge in [-0.05, 0) is 36.6 Å². The Morgan fingerprint density at radius 3 is 2.28 bits per heavy atom. The summed E-state index contributed by atoms with van der Waals surface area (Å²) >= 11 is 0. The smallest absolute Gasteiger partial charge is 0.137 e. The summed E-state index contributed by atoms with van der Waals surface area (Å²) < 4.78 is 0. The highest BCUT2D eigenvalue weighted by atomic mass is 16.1. The van der Waals surface area contributed by atoms with Crippen LogP contribution in [0.2, 0.25) is 0 Å².